The van der Waals surface area contributed by atoms with Crippen LogP contribution in [0.5, 0.6) is 0 Å². The predicted octanol–water partition coefficient (Wildman–Crippen LogP) is 2.38. The molecule has 1 N–H and O–H groups in total. The minimum atomic E-state index is -4.62. The van der Waals surface area contributed by atoms with Crippen LogP contribution in [0.4, 0.5) is 18.9 Å². The molecule has 1 amide bonds. The molecule has 0 unspecified atom stereocenters. The average molecular weight is 383 g/mol. The number of amides is 1. The van der Waals surface area contributed by atoms with E-state index in [1.165, 1.54) is 12.1 Å². The lowest BCUT2D eigenvalue weighted by atomic mass is 9.80. The van der Waals surface area contributed by atoms with Gasteiger partial charge >= 0.3 is 18.1 Å². The van der Waals surface area contributed by atoms with Gasteiger partial charge in [0.1, 0.15) is 6.10 Å². The molecule has 0 spiro atoms. The highest BCUT2D eigenvalue weighted by molar-refractivity contribution is 5.94. The van der Waals surface area contributed by atoms with Crippen LogP contribution in [0, 0.1) is 23.7 Å². The summed E-state index contributed by atoms with van der Waals surface area (Å²) in [4.78, 5) is 36.2. The maximum atomic E-state index is 12.9. The lowest BCUT2D eigenvalue weighted by Crippen LogP contribution is -2.35. The topological polar surface area (TPSA) is 81.7 Å². The van der Waals surface area contributed by atoms with Gasteiger partial charge in [-0.15, -0.1) is 0 Å². The smallest absolute Gasteiger partial charge is 0.418 e. The molecule has 27 heavy (non-hydrogen) atoms. The van der Waals surface area contributed by atoms with Gasteiger partial charge in [0, 0.05) is 5.92 Å². The van der Waals surface area contributed by atoms with Crippen LogP contribution in [0.15, 0.2) is 24.3 Å². The fourth-order valence-electron chi connectivity index (χ4n) is 4.58. The molecule has 144 valence electrons. The lowest BCUT2D eigenvalue weighted by molar-refractivity contribution is -0.157. The van der Waals surface area contributed by atoms with Gasteiger partial charge in [0.15, 0.2) is 6.61 Å². The van der Waals surface area contributed by atoms with E-state index in [2.05, 4.69) is 5.32 Å². The van der Waals surface area contributed by atoms with Crippen LogP contribution in [0.2, 0.25) is 0 Å². The molecule has 1 aliphatic heterocycles. The Morgan fingerprint density at radius 1 is 1.22 bits per heavy atom. The molecule has 5 atom stereocenters. The maximum Gasteiger partial charge on any atom is 0.418 e. The molecular weight excluding hydrogens is 367 g/mol. The summed E-state index contributed by atoms with van der Waals surface area (Å²) in [7, 11) is 0. The largest absolute Gasteiger partial charge is 0.462 e. The summed E-state index contributed by atoms with van der Waals surface area (Å²) in [6.45, 7) is -0.718. The van der Waals surface area contributed by atoms with E-state index >= 15 is 0 Å². The Kier molecular flexibility index (Phi) is 4.12. The minimum Gasteiger partial charge on any atom is -0.462 e. The zero-order valence-corrected chi connectivity index (χ0v) is 14.0. The molecule has 9 heteroatoms. The zero-order valence-electron chi connectivity index (χ0n) is 14.0. The molecule has 3 aliphatic rings. The highest BCUT2D eigenvalue weighted by Crippen LogP contribution is 2.57. The highest BCUT2D eigenvalue weighted by atomic mass is 19.4. The third-order valence-corrected chi connectivity index (χ3v) is 5.61. The number of halogens is 3. The van der Waals surface area contributed by atoms with E-state index in [9.17, 15) is 27.6 Å². The van der Waals surface area contributed by atoms with E-state index in [0.29, 0.717) is 12.8 Å². The van der Waals surface area contributed by atoms with Gasteiger partial charge in [-0.05, 0) is 30.9 Å². The van der Waals surface area contributed by atoms with Crippen molar-refractivity contribution in [1.29, 1.82) is 0 Å². The van der Waals surface area contributed by atoms with Gasteiger partial charge in [0.2, 0.25) is 0 Å². The van der Waals surface area contributed by atoms with Crippen molar-refractivity contribution in [3.8, 4) is 0 Å². The summed E-state index contributed by atoms with van der Waals surface area (Å²) in [6.07, 6.45) is -3.42. The molecular formula is C18H16F3NO5. The van der Waals surface area contributed by atoms with Gasteiger partial charge in [-0.25, -0.2) is 0 Å². The molecule has 1 heterocycles. The number of hydrogen-bond acceptors (Lipinski definition) is 5. The molecule has 2 saturated carbocycles. The van der Waals surface area contributed by atoms with Gasteiger partial charge in [0.05, 0.1) is 23.1 Å². The lowest BCUT2D eigenvalue weighted by Gasteiger charge is -2.22. The summed E-state index contributed by atoms with van der Waals surface area (Å²) in [6, 6.07) is 4.53. The first-order valence-corrected chi connectivity index (χ1v) is 8.59. The number of ether oxygens (including phenoxy) is 2. The first-order valence-electron chi connectivity index (χ1n) is 8.59. The molecule has 3 fully saturated rings. The number of hydrogen-bond donors (Lipinski definition) is 1. The zero-order chi connectivity index (χ0) is 19.3. The third kappa shape index (κ3) is 3.04. The van der Waals surface area contributed by atoms with Crippen molar-refractivity contribution in [3.05, 3.63) is 29.8 Å². The highest BCUT2D eigenvalue weighted by Gasteiger charge is 2.64. The molecule has 2 bridgehead atoms. The van der Waals surface area contributed by atoms with Crippen LogP contribution in [-0.2, 0) is 30.0 Å². The molecule has 6 nitrogen and oxygen atoms in total. The van der Waals surface area contributed by atoms with Crippen molar-refractivity contribution in [3.63, 3.8) is 0 Å². The number of carbonyl (C=O) groups is 3. The van der Waals surface area contributed by atoms with Crippen LogP contribution in [0.1, 0.15) is 18.4 Å². The van der Waals surface area contributed by atoms with Crippen LogP contribution >= 0.6 is 0 Å². The average Bonchev–Trinajstić information content (AvgIpc) is 3.21. The fraction of sp³-hybridized carbons (Fsp3) is 0.500. The summed E-state index contributed by atoms with van der Waals surface area (Å²) in [5.74, 6) is -3.13. The maximum absolute atomic E-state index is 12.9. The van der Waals surface area contributed by atoms with Crippen molar-refractivity contribution in [2.45, 2.75) is 25.1 Å². The van der Waals surface area contributed by atoms with E-state index in [1.807, 2.05) is 0 Å². The summed E-state index contributed by atoms with van der Waals surface area (Å²) in [5.41, 5.74) is -1.40. The number of carbonyl (C=O) groups excluding carboxylic acids is 3. The van der Waals surface area contributed by atoms with Crippen LogP contribution in [-0.4, -0.2) is 30.6 Å². The summed E-state index contributed by atoms with van der Waals surface area (Å²) in [5, 5.41) is 2.11. The summed E-state index contributed by atoms with van der Waals surface area (Å²) >= 11 is 0. The first kappa shape index (κ1) is 17.8. The fourth-order valence-corrected chi connectivity index (χ4v) is 4.58. The molecule has 1 saturated heterocycles. The van der Waals surface area contributed by atoms with E-state index < -0.39 is 53.7 Å². The molecule has 2 aliphatic carbocycles. The van der Waals surface area contributed by atoms with Gasteiger partial charge in [-0.2, -0.15) is 13.2 Å². The van der Waals surface area contributed by atoms with E-state index in [4.69, 9.17) is 9.47 Å². The second kappa shape index (κ2) is 6.24. The SMILES string of the molecule is O=C(COC(=O)[C@@H]1[C@@H]2C[C@H]3[C@@H]1C(=O)O[C@@H]3C2)Nc1ccccc1C(F)(F)F. The van der Waals surface area contributed by atoms with E-state index in [0.717, 1.165) is 12.1 Å². The Morgan fingerprint density at radius 3 is 2.70 bits per heavy atom. The number of para-hydroxylation sites is 1. The number of esters is 2. The van der Waals surface area contributed by atoms with E-state index in [1.54, 1.807) is 0 Å². The number of alkyl halides is 3. The Bertz CT molecular complexity index is 806. The Hall–Kier alpha value is -2.58. The Labute approximate surface area is 152 Å². The monoisotopic (exact) mass is 383 g/mol. The second-order valence-electron chi connectivity index (χ2n) is 7.12. The predicted molar refractivity (Wildman–Crippen MR) is 84.1 cm³/mol. The molecule has 4 rings (SSSR count). The van der Waals surface area contributed by atoms with Crippen molar-refractivity contribution >= 4 is 23.5 Å². The normalized spacial score (nSPS) is 30.9. The number of benzene rings is 1. The number of anilines is 1. The molecule has 0 radical (unpaired) electrons. The molecule has 1 aromatic carbocycles. The minimum absolute atomic E-state index is 0.0158. The Balaban J connectivity index is 1.37. The number of fused-ring (bicyclic) bond motifs is 1. The van der Waals surface area contributed by atoms with Crippen LogP contribution < -0.4 is 5.32 Å². The van der Waals surface area contributed by atoms with Gasteiger partial charge in [0.25, 0.3) is 5.91 Å². The first-order chi connectivity index (χ1) is 12.8. The van der Waals surface area contributed by atoms with Crippen molar-refractivity contribution in [1.82, 2.24) is 0 Å². The van der Waals surface area contributed by atoms with Gasteiger partial charge in [-0.3, -0.25) is 14.4 Å². The number of rotatable bonds is 4. The molecule has 0 aromatic heterocycles. The quantitative estimate of drug-likeness (QED) is 0.808. The van der Waals surface area contributed by atoms with Crippen molar-refractivity contribution in [2.75, 3.05) is 11.9 Å². The van der Waals surface area contributed by atoms with Gasteiger partial charge in [-0.1, -0.05) is 12.1 Å². The van der Waals surface area contributed by atoms with Crippen LogP contribution in [0.25, 0.3) is 0 Å². The second-order valence-corrected chi connectivity index (χ2v) is 7.12. The van der Waals surface area contributed by atoms with Crippen molar-refractivity contribution in [2.24, 2.45) is 23.7 Å². The summed E-state index contributed by atoms with van der Waals surface area (Å²) < 4.78 is 49.1. The van der Waals surface area contributed by atoms with Crippen molar-refractivity contribution < 1.29 is 37.0 Å². The Morgan fingerprint density at radius 2 is 1.96 bits per heavy atom. The third-order valence-electron chi connectivity index (χ3n) is 5.61. The standard InChI is InChI=1S/C18H16F3NO5/c19-18(20,21)10-3-1-2-4-11(10)22-13(23)7-26-16(24)14-8-5-9-12(6-8)27-17(25)15(9)14/h1-4,8-9,12,14-15H,5-7H2,(H,22,23)/t8-,9-,12-,14-,15+/m1/s1. The van der Waals surface area contributed by atoms with E-state index in [-0.39, 0.29) is 17.9 Å². The van der Waals surface area contributed by atoms with Crippen LogP contribution in [0.3, 0.4) is 0 Å². The number of nitrogens with one attached hydrogen (secondary N) is 1. The van der Waals surface area contributed by atoms with Gasteiger partial charge < -0.3 is 14.8 Å². The molecule has 1 aromatic rings.